The second kappa shape index (κ2) is 12.5. The van der Waals surface area contributed by atoms with Crippen LogP contribution in [0.4, 0.5) is 16.2 Å². The Bertz CT molecular complexity index is 1450. The fourth-order valence-corrected chi connectivity index (χ4v) is 5.41. The van der Waals surface area contributed by atoms with Gasteiger partial charge in [-0.1, -0.05) is 60.7 Å². The Morgan fingerprint density at radius 1 is 0.725 bits per heavy atom. The summed E-state index contributed by atoms with van der Waals surface area (Å²) >= 11 is 0. The molecule has 4 rings (SSSR count). The van der Waals surface area contributed by atoms with Crippen LogP contribution in [0.1, 0.15) is 16.9 Å². The van der Waals surface area contributed by atoms with Gasteiger partial charge in [-0.25, -0.2) is 9.36 Å². The van der Waals surface area contributed by atoms with Gasteiger partial charge in [-0.3, -0.25) is 20.2 Å². The van der Waals surface area contributed by atoms with Crippen molar-refractivity contribution in [2.45, 2.75) is 12.4 Å². The van der Waals surface area contributed by atoms with Crippen molar-refractivity contribution in [3.05, 3.63) is 141 Å². The van der Waals surface area contributed by atoms with E-state index in [0.29, 0.717) is 5.56 Å². The Morgan fingerprint density at radius 2 is 1.18 bits per heavy atom. The van der Waals surface area contributed by atoms with Crippen LogP contribution in [0.5, 0.6) is 11.5 Å². The summed E-state index contributed by atoms with van der Waals surface area (Å²) in [5.74, 6) is -1.50. The Hall–Kier alpha value is -5.22. The molecule has 0 aromatic heterocycles. The molecule has 0 fully saturated rings. The van der Waals surface area contributed by atoms with Gasteiger partial charge >= 0.3 is 13.7 Å². The van der Waals surface area contributed by atoms with Crippen LogP contribution in [0.25, 0.3) is 0 Å². The number of ether oxygens (including phenoxy) is 1. The summed E-state index contributed by atoms with van der Waals surface area (Å²) in [6, 6.07) is 26.7. The van der Waals surface area contributed by atoms with Crippen LogP contribution in [0.2, 0.25) is 0 Å². The van der Waals surface area contributed by atoms with Crippen LogP contribution < -0.4 is 14.4 Å². The summed E-state index contributed by atoms with van der Waals surface area (Å²) in [7, 11) is -4.47. The summed E-state index contributed by atoms with van der Waals surface area (Å²) in [6.07, 6.45) is -0.919. The van der Waals surface area contributed by atoms with Crippen molar-refractivity contribution in [3.63, 3.8) is 0 Å². The number of hydrogen-bond donors (Lipinski definition) is 1. The molecule has 1 N–H and O–H groups in total. The molecule has 0 aliphatic carbocycles. The third-order valence-corrected chi connectivity index (χ3v) is 7.45. The molecule has 204 valence electrons. The molecule has 1 atom stereocenters. The van der Waals surface area contributed by atoms with Crippen molar-refractivity contribution >= 4 is 25.1 Å². The molecule has 4 aromatic carbocycles. The Morgan fingerprint density at radius 3 is 1.62 bits per heavy atom. The largest absolute Gasteiger partial charge is 0.457 e. The number of nitrogens with one attached hydrogen (secondary N) is 1. The zero-order valence-electron chi connectivity index (χ0n) is 20.7. The topological polar surface area (TPSA) is 160 Å². The Balaban J connectivity index is 1.69. The number of hydrogen-bond acceptors (Lipinski definition) is 9. The predicted octanol–water partition coefficient (Wildman–Crippen LogP) is 6.78. The number of alkyl carbamates (subject to hydrolysis) is 1. The van der Waals surface area contributed by atoms with Crippen LogP contribution in [0.3, 0.4) is 0 Å². The quantitative estimate of drug-likeness (QED) is 0.118. The fourth-order valence-electron chi connectivity index (χ4n) is 3.53. The second-order valence-electron chi connectivity index (χ2n) is 8.24. The van der Waals surface area contributed by atoms with E-state index >= 15 is 0 Å². The van der Waals surface area contributed by atoms with Crippen LogP contribution in [0.15, 0.2) is 109 Å². The van der Waals surface area contributed by atoms with Crippen molar-refractivity contribution < 1.29 is 33.0 Å². The van der Waals surface area contributed by atoms with Gasteiger partial charge in [-0.15, -0.1) is 0 Å². The van der Waals surface area contributed by atoms with E-state index in [2.05, 4.69) is 5.32 Å². The number of rotatable bonds is 11. The van der Waals surface area contributed by atoms with E-state index in [0.717, 1.165) is 29.8 Å². The molecule has 40 heavy (non-hydrogen) atoms. The van der Waals surface area contributed by atoms with Crippen LogP contribution in [0, 0.1) is 20.2 Å². The summed E-state index contributed by atoms with van der Waals surface area (Å²) < 4.78 is 31.5. The van der Waals surface area contributed by atoms with Crippen LogP contribution >= 0.6 is 7.60 Å². The second-order valence-corrected chi connectivity index (χ2v) is 10.2. The monoisotopic (exact) mass is 563 g/mol. The highest BCUT2D eigenvalue weighted by Gasteiger charge is 2.42. The molecule has 1 unspecified atom stereocenters. The molecule has 12 nitrogen and oxygen atoms in total. The number of benzene rings is 4. The summed E-state index contributed by atoms with van der Waals surface area (Å²) in [5, 5.41) is 24.7. The minimum Gasteiger partial charge on any atom is -0.445 e. The van der Waals surface area contributed by atoms with Crippen molar-refractivity contribution in [2.24, 2.45) is 0 Å². The van der Waals surface area contributed by atoms with Gasteiger partial charge in [0.2, 0.25) is 0 Å². The molecule has 0 spiro atoms. The van der Waals surface area contributed by atoms with Gasteiger partial charge in [0.15, 0.2) is 5.78 Å². The smallest absolute Gasteiger partial charge is 0.445 e. The van der Waals surface area contributed by atoms with E-state index in [1.54, 1.807) is 54.6 Å². The lowest BCUT2D eigenvalue weighted by molar-refractivity contribution is -0.385. The number of carbonyl (C=O) groups excluding carboxylic acids is 1. The number of nitrogens with zero attached hydrogens (tertiary/aromatic N) is 2. The molecule has 1 amide bonds. The van der Waals surface area contributed by atoms with Crippen LogP contribution in [-0.4, -0.2) is 15.9 Å². The number of amides is 1. The number of carbonyl (C=O) groups is 1. The minimum atomic E-state index is -4.47. The molecule has 0 bridgehead atoms. The molecule has 13 heteroatoms. The molecular weight excluding hydrogens is 541 g/mol. The first kappa shape index (κ1) is 27.8. The molecule has 0 aliphatic heterocycles. The standard InChI is InChI=1S/C27H22N3O9P/c31-27(37-19-20-7-3-1-4-8-20)28-26(21-9-5-2-6-10-21)40(36,38-24-15-11-22(12-16-24)29(32)33)39-25-17-13-23(14-18-25)30(34)35/h1-18,26H,19H2,(H,28,31). The summed E-state index contributed by atoms with van der Waals surface area (Å²) in [4.78, 5) is 33.8. The highest BCUT2D eigenvalue weighted by Crippen LogP contribution is 2.59. The third kappa shape index (κ3) is 7.21. The molecule has 0 saturated heterocycles. The first-order valence-corrected chi connectivity index (χ1v) is 13.3. The Kier molecular flexibility index (Phi) is 8.72. The zero-order valence-corrected chi connectivity index (χ0v) is 21.6. The fraction of sp³-hybridized carbons (Fsp3) is 0.0741. The van der Waals surface area contributed by atoms with Gasteiger partial charge < -0.3 is 19.1 Å². The Labute approximate surface area is 228 Å². The maximum absolute atomic E-state index is 14.5. The first-order chi connectivity index (χ1) is 19.2. The highest BCUT2D eigenvalue weighted by atomic mass is 31.2. The van der Waals surface area contributed by atoms with Gasteiger partial charge in [0.25, 0.3) is 11.4 Å². The highest BCUT2D eigenvalue weighted by molar-refractivity contribution is 7.55. The van der Waals surface area contributed by atoms with Gasteiger partial charge in [0.1, 0.15) is 18.1 Å². The van der Waals surface area contributed by atoms with Crippen molar-refractivity contribution in [2.75, 3.05) is 0 Å². The maximum atomic E-state index is 14.5. The number of nitro groups is 2. The summed E-state index contributed by atoms with van der Waals surface area (Å²) in [6.45, 7) is -0.0646. The summed E-state index contributed by atoms with van der Waals surface area (Å²) in [5.41, 5.74) is 0.619. The van der Waals surface area contributed by atoms with E-state index in [1.807, 2.05) is 6.07 Å². The van der Waals surface area contributed by atoms with Gasteiger partial charge in [-0.05, 0) is 35.4 Å². The van der Waals surface area contributed by atoms with Gasteiger partial charge in [0.05, 0.1) is 9.85 Å². The predicted molar refractivity (Wildman–Crippen MR) is 144 cm³/mol. The van der Waals surface area contributed by atoms with Gasteiger partial charge in [-0.2, -0.15) is 0 Å². The van der Waals surface area contributed by atoms with E-state index < -0.39 is 29.3 Å². The van der Waals surface area contributed by atoms with E-state index in [4.69, 9.17) is 13.8 Å². The number of nitro benzene ring substituents is 2. The SMILES string of the molecule is O=C(NC(c1ccccc1)P(=O)(Oc1ccc([N+](=O)[O-])cc1)Oc1ccc([N+](=O)[O-])cc1)OCc1ccccc1. The van der Waals surface area contributed by atoms with E-state index in [-0.39, 0.29) is 29.5 Å². The normalized spacial score (nSPS) is 11.6. The molecular formula is C27H22N3O9P. The van der Waals surface area contributed by atoms with Crippen LogP contribution in [-0.2, 0) is 15.9 Å². The van der Waals surface area contributed by atoms with Crippen molar-refractivity contribution in [1.82, 2.24) is 5.32 Å². The maximum Gasteiger partial charge on any atom is 0.457 e. The average Bonchev–Trinajstić information content (AvgIpc) is 2.96. The lowest BCUT2D eigenvalue weighted by Gasteiger charge is -2.28. The molecule has 0 radical (unpaired) electrons. The first-order valence-electron chi connectivity index (χ1n) is 11.7. The third-order valence-electron chi connectivity index (χ3n) is 5.46. The molecule has 0 heterocycles. The minimum absolute atomic E-state index is 0.0452. The lowest BCUT2D eigenvalue weighted by Crippen LogP contribution is -2.31. The lowest BCUT2D eigenvalue weighted by atomic mass is 10.2. The van der Waals surface area contributed by atoms with Gasteiger partial charge in [0, 0.05) is 24.3 Å². The molecule has 0 aliphatic rings. The number of non-ortho nitro benzene ring substituents is 2. The van der Waals surface area contributed by atoms with Crippen molar-refractivity contribution in [3.8, 4) is 11.5 Å². The molecule has 0 saturated carbocycles. The molecule has 4 aromatic rings. The zero-order chi connectivity index (χ0) is 28.5. The van der Waals surface area contributed by atoms with Crippen molar-refractivity contribution in [1.29, 1.82) is 0 Å². The van der Waals surface area contributed by atoms with E-state index in [1.165, 1.54) is 24.3 Å². The average molecular weight is 563 g/mol. The van der Waals surface area contributed by atoms with E-state index in [9.17, 15) is 29.6 Å².